The van der Waals surface area contributed by atoms with Gasteiger partial charge in [0.1, 0.15) is 35.5 Å². The summed E-state index contributed by atoms with van der Waals surface area (Å²) in [5, 5.41) is 18.2. The van der Waals surface area contributed by atoms with E-state index < -0.39 is 23.5 Å². The molecule has 2 unspecified atom stereocenters. The maximum absolute atomic E-state index is 14.2. The highest BCUT2D eigenvalue weighted by molar-refractivity contribution is 6.04. The Kier molecular flexibility index (Phi) is 7.59. The molecule has 3 aromatic rings. The highest BCUT2D eigenvalue weighted by atomic mass is 19.1. The smallest absolute Gasteiger partial charge is 0.294 e. The lowest BCUT2D eigenvalue weighted by Crippen LogP contribution is -2.68. The summed E-state index contributed by atoms with van der Waals surface area (Å²) in [6.45, 7) is 1.79. The van der Waals surface area contributed by atoms with Gasteiger partial charge in [-0.25, -0.2) is 4.39 Å². The van der Waals surface area contributed by atoms with E-state index in [1.165, 1.54) is 25.3 Å². The molecule has 2 atom stereocenters. The van der Waals surface area contributed by atoms with Crippen molar-refractivity contribution in [1.82, 2.24) is 15.5 Å². The van der Waals surface area contributed by atoms with Gasteiger partial charge in [-0.15, -0.1) is 0 Å². The fraction of sp³-hybridized carbons (Fsp3) is 0.484. The van der Waals surface area contributed by atoms with Gasteiger partial charge in [-0.2, -0.15) is 0 Å². The van der Waals surface area contributed by atoms with E-state index in [-0.39, 0.29) is 48.8 Å². The van der Waals surface area contributed by atoms with Gasteiger partial charge >= 0.3 is 0 Å². The maximum atomic E-state index is 14.2. The van der Waals surface area contributed by atoms with Gasteiger partial charge in [0.2, 0.25) is 5.76 Å². The second-order valence-corrected chi connectivity index (χ2v) is 11.6. The SMILES string of the molecule is COc1ccc(F)cc1CNC(O)C1(C)COc2c(oc3cc(C(=O)NC4CCC4)ccc23)C(=O)N1C1CC(OC)C1. The number of carbonyl (C=O) groups excluding carboxylic acids is 2. The third-order valence-corrected chi connectivity index (χ3v) is 8.90. The molecule has 2 aromatic carbocycles. The molecule has 42 heavy (non-hydrogen) atoms. The van der Waals surface area contributed by atoms with E-state index in [1.54, 1.807) is 37.1 Å². The van der Waals surface area contributed by atoms with Gasteiger partial charge in [0.05, 0.1) is 18.6 Å². The second kappa shape index (κ2) is 11.2. The number of nitrogens with one attached hydrogen (secondary N) is 2. The van der Waals surface area contributed by atoms with Crippen LogP contribution in [0.2, 0.25) is 0 Å². The summed E-state index contributed by atoms with van der Waals surface area (Å²) in [5.41, 5.74) is 0.114. The normalized spacial score (nSPS) is 24.7. The molecular formula is C31H36FN3O7. The van der Waals surface area contributed by atoms with Gasteiger partial charge in [0.15, 0.2) is 5.75 Å². The average Bonchev–Trinajstić information content (AvgIpc) is 3.26. The number of carbonyl (C=O) groups is 2. The van der Waals surface area contributed by atoms with Crippen molar-refractivity contribution in [3.63, 3.8) is 0 Å². The van der Waals surface area contributed by atoms with Gasteiger partial charge < -0.3 is 34.0 Å². The fourth-order valence-corrected chi connectivity index (χ4v) is 6.00. The van der Waals surface area contributed by atoms with Crippen LogP contribution in [0.25, 0.3) is 11.0 Å². The van der Waals surface area contributed by atoms with E-state index in [0.29, 0.717) is 40.7 Å². The zero-order chi connectivity index (χ0) is 29.6. The van der Waals surface area contributed by atoms with E-state index in [4.69, 9.17) is 18.6 Å². The molecule has 0 spiro atoms. The topological polar surface area (TPSA) is 122 Å². The van der Waals surface area contributed by atoms with E-state index in [0.717, 1.165) is 19.3 Å². The van der Waals surface area contributed by atoms with Crippen molar-refractivity contribution in [2.45, 2.75) is 75.5 Å². The number of fused-ring (bicyclic) bond motifs is 3. The molecule has 3 aliphatic rings. The number of halogens is 1. The number of aliphatic hydroxyl groups excluding tert-OH is 1. The van der Waals surface area contributed by atoms with Crippen LogP contribution < -0.4 is 20.1 Å². The molecule has 2 fully saturated rings. The summed E-state index contributed by atoms with van der Waals surface area (Å²) >= 11 is 0. The van der Waals surface area contributed by atoms with Crippen molar-refractivity contribution in [3.05, 3.63) is 59.1 Å². The molecule has 0 saturated heterocycles. The summed E-state index contributed by atoms with van der Waals surface area (Å²) < 4.78 is 37.1. The van der Waals surface area contributed by atoms with Crippen molar-refractivity contribution in [2.24, 2.45) is 0 Å². The molecule has 2 heterocycles. The first-order chi connectivity index (χ1) is 20.2. The Morgan fingerprint density at radius 3 is 2.69 bits per heavy atom. The minimum atomic E-state index is -1.26. The molecule has 0 radical (unpaired) electrons. The molecule has 6 rings (SSSR count). The third kappa shape index (κ3) is 4.99. The van der Waals surface area contributed by atoms with Gasteiger partial charge in [-0.1, -0.05) is 0 Å². The molecule has 11 heteroatoms. The molecule has 1 aromatic heterocycles. The maximum Gasteiger partial charge on any atom is 0.294 e. The van der Waals surface area contributed by atoms with Crippen molar-refractivity contribution in [1.29, 1.82) is 0 Å². The molecule has 224 valence electrons. The minimum absolute atomic E-state index is 0.00948. The zero-order valence-electron chi connectivity index (χ0n) is 23.9. The number of aliphatic hydroxyl groups is 1. The lowest BCUT2D eigenvalue weighted by atomic mass is 9.83. The molecular weight excluding hydrogens is 545 g/mol. The molecule has 2 amide bonds. The van der Waals surface area contributed by atoms with E-state index in [1.807, 2.05) is 0 Å². The van der Waals surface area contributed by atoms with Crippen LogP contribution in [0, 0.1) is 5.82 Å². The number of hydrogen-bond acceptors (Lipinski definition) is 8. The van der Waals surface area contributed by atoms with Crippen LogP contribution >= 0.6 is 0 Å². The monoisotopic (exact) mass is 581 g/mol. The average molecular weight is 582 g/mol. The van der Waals surface area contributed by atoms with Crippen LogP contribution in [0.4, 0.5) is 4.39 Å². The van der Waals surface area contributed by atoms with E-state index in [2.05, 4.69) is 10.6 Å². The number of rotatable bonds is 9. The lowest BCUT2D eigenvalue weighted by molar-refractivity contribution is -0.0997. The molecule has 2 aliphatic carbocycles. The number of ether oxygens (including phenoxy) is 3. The van der Waals surface area contributed by atoms with Gasteiger partial charge in [0, 0.05) is 36.9 Å². The minimum Gasteiger partial charge on any atom is -0.496 e. The van der Waals surface area contributed by atoms with Crippen molar-refractivity contribution < 1.29 is 37.7 Å². The number of hydrogen-bond donors (Lipinski definition) is 3. The fourth-order valence-electron chi connectivity index (χ4n) is 6.00. The first kappa shape index (κ1) is 28.4. The highest BCUT2D eigenvalue weighted by Crippen LogP contribution is 2.43. The molecule has 2 saturated carbocycles. The van der Waals surface area contributed by atoms with Crippen LogP contribution in [0.5, 0.6) is 11.5 Å². The number of amides is 2. The van der Waals surface area contributed by atoms with Crippen LogP contribution in [-0.2, 0) is 11.3 Å². The van der Waals surface area contributed by atoms with Crippen molar-refractivity contribution >= 4 is 22.8 Å². The van der Waals surface area contributed by atoms with E-state index >= 15 is 0 Å². The summed E-state index contributed by atoms with van der Waals surface area (Å²) in [6, 6.07) is 9.17. The van der Waals surface area contributed by atoms with Gasteiger partial charge in [0.25, 0.3) is 11.8 Å². The summed E-state index contributed by atoms with van der Waals surface area (Å²) in [6.07, 6.45) is 2.97. The van der Waals surface area contributed by atoms with Crippen molar-refractivity contribution in [3.8, 4) is 11.5 Å². The molecule has 1 aliphatic heterocycles. The Morgan fingerprint density at radius 2 is 2.00 bits per heavy atom. The number of methoxy groups -OCH3 is 2. The Balaban J connectivity index is 1.29. The molecule has 0 bridgehead atoms. The Labute approximate surface area is 243 Å². The Bertz CT molecular complexity index is 1500. The van der Waals surface area contributed by atoms with E-state index in [9.17, 15) is 19.1 Å². The molecule has 3 N–H and O–H groups in total. The first-order valence-corrected chi connectivity index (χ1v) is 14.3. The van der Waals surface area contributed by atoms with Crippen LogP contribution in [0.1, 0.15) is 65.5 Å². The Morgan fingerprint density at radius 1 is 1.21 bits per heavy atom. The number of furan rings is 1. The number of benzene rings is 2. The van der Waals surface area contributed by atoms with Crippen LogP contribution in [-0.4, -0.2) is 72.6 Å². The Hall–Kier alpha value is -3.67. The quantitative estimate of drug-likeness (QED) is 0.327. The third-order valence-electron chi connectivity index (χ3n) is 8.90. The summed E-state index contributed by atoms with van der Waals surface area (Å²) in [5.74, 6) is -0.270. The molecule has 10 nitrogen and oxygen atoms in total. The predicted molar refractivity (Wildman–Crippen MR) is 151 cm³/mol. The van der Waals surface area contributed by atoms with Gasteiger partial charge in [-0.05, 0) is 75.4 Å². The lowest BCUT2D eigenvalue weighted by Gasteiger charge is -2.51. The zero-order valence-corrected chi connectivity index (χ0v) is 23.9. The highest BCUT2D eigenvalue weighted by Gasteiger charge is 2.53. The largest absolute Gasteiger partial charge is 0.496 e. The summed E-state index contributed by atoms with van der Waals surface area (Å²) in [7, 11) is 3.12. The summed E-state index contributed by atoms with van der Waals surface area (Å²) in [4.78, 5) is 28.6. The van der Waals surface area contributed by atoms with Crippen LogP contribution in [0.15, 0.2) is 40.8 Å². The van der Waals surface area contributed by atoms with Crippen LogP contribution in [0.3, 0.4) is 0 Å². The second-order valence-electron chi connectivity index (χ2n) is 11.6. The van der Waals surface area contributed by atoms with Gasteiger partial charge in [-0.3, -0.25) is 14.9 Å². The standard InChI is InChI=1S/C31H36FN3O7/c1-31(30(38)33-15-18-11-19(32)8-10-24(18)40-3)16-41-26-23-9-7-17(28(36)34-20-5-4-6-20)12-25(23)42-27(26)29(37)35(31)21-13-22(14-21)39-2/h7-12,20-22,30,33,38H,4-6,13-16H2,1-3H3,(H,34,36). The van der Waals surface area contributed by atoms with Crippen molar-refractivity contribution in [2.75, 3.05) is 20.8 Å². The predicted octanol–water partition coefficient (Wildman–Crippen LogP) is 3.74. The number of nitrogens with zero attached hydrogens (tertiary/aromatic N) is 1. The first-order valence-electron chi connectivity index (χ1n) is 14.3.